The van der Waals surface area contributed by atoms with Crippen molar-refractivity contribution in [2.24, 2.45) is 28.8 Å². The molecule has 0 spiro atoms. The van der Waals surface area contributed by atoms with Gasteiger partial charge < -0.3 is 30.4 Å². The summed E-state index contributed by atoms with van der Waals surface area (Å²) in [4.78, 5) is 36.6. The minimum Gasteiger partial charge on any atom is -0.487 e. The van der Waals surface area contributed by atoms with E-state index in [1.165, 1.54) is 18.4 Å². The Hall–Kier alpha value is -3.05. The van der Waals surface area contributed by atoms with E-state index in [4.69, 9.17) is 37.8 Å². The van der Waals surface area contributed by atoms with Gasteiger partial charge in [-0.25, -0.2) is 10.2 Å². The lowest BCUT2D eigenvalue weighted by molar-refractivity contribution is -0.144. The number of carbonyl (C=O) groups excluding carboxylic acids is 2. The first-order chi connectivity index (χ1) is 20.6. The number of amides is 2. The highest BCUT2D eigenvalue weighted by atomic mass is 35.5. The molecule has 2 aliphatic heterocycles. The van der Waals surface area contributed by atoms with E-state index in [0.29, 0.717) is 29.6 Å². The molecule has 0 bridgehead atoms. The average Bonchev–Trinajstić information content (AvgIpc) is 3.23. The van der Waals surface area contributed by atoms with Crippen molar-refractivity contribution in [3.63, 3.8) is 0 Å². The molecule has 1 aromatic carbocycles. The minimum atomic E-state index is -1.33. The number of rotatable bonds is 6. The Kier molecular flexibility index (Phi) is 13.8. The fourth-order valence-corrected chi connectivity index (χ4v) is 6.74. The Bertz CT molecular complexity index is 1170. The maximum Gasteiger partial charge on any atom is 0.290 e. The van der Waals surface area contributed by atoms with Gasteiger partial charge in [0, 0.05) is 49.6 Å². The number of hydrogen-bond acceptors (Lipinski definition) is 7. The van der Waals surface area contributed by atoms with Gasteiger partial charge in [-0.15, -0.1) is 0 Å². The first-order valence-corrected chi connectivity index (χ1v) is 15.6. The molecule has 0 radical (unpaired) electrons. The molecule has 1 aromatic rings. The van der Waals surface area contributed by atoms with E-state index >= 15 is 0 Å². The van der Waals surface area contributed by atoms with Crippen molar-refractivity contribution < 1.29 is 28.6 Å². The fourth-order valence-electron chi connectivity index (χ4n) is 6.48. The van der Waals surface area contributed by atoms with Gasteiger partial charge in [0.25, 0.3) is 6.47 Å². The van der Waals surface area contributed by atoms with Crippen molar-refractivity contribution >= 4 is 29.9 Å². The van der Waals surface area contributed by atoms with Gasteiger partial charge in [-0.1, -0.05) is 45.2 Å². The highest BCUT2D eigenvalue weighted by molar-refractivity contribution is 6.31. The topological polar surface area (TPSA) is 142 Å². The number of fused-ring (bicyclic) bond motifs is 1. The van der Waals surface area contributed by atoms with Crippen LogP contribution in [0.5, 0.6) is 5.75 Å². The third-order valence-corrected chi connectivity index (χ3v) is 9.35. The minimum absolute atomic E-state index is 0.00402. The summed E-state index contributed by atoms with van der Waals surface area (Å²) in [6.07, 6.45) is 4.64. The normalized spacial score (nSPS) is 23.6. The summed E-state index contributed by atoms with van der Waals surface area (Å²) in [5.74, 6) is 7.15. The summed E-state index contributed by atoms with van der Waals surface area (Å²) in [7, 11) is 3.40. The van der Waals surface area contributed by atoms with Gasteiger partial charge >= 0.3 is 0 Å². The van der Waals surface area contributed by atoms with E-state index in [-0.39, 0.29) is 53.7 Å². The lowest BCUT2D eigenvalue weighted by atomic mass is 9.68. The van der Waals surface area contributed by atoms with Crippen LogP contribution in [-0.2, 0) is 20.8 Å². The van der Waals surface area contributed by atoms with Gasteiger partial charge in [0.1, 0.15) is 18.5 Å². The number of alkyl halides is 1. The first kappa shape index (κ1) is 37.1. The molecule has 2 fully saturated rings. The number of benzene rings is 1. The highest BCUT2D eigenvalue weighted by Crippen LogP contribution is 2.45. The second-order valence-corrected chi connectivity index (χ2v) is 13.1. The number of nitrogens with zero attached hydrogens (tertiary/aromatic N) is 3. The standard InChI is InChI=1S/C25H38ClFN4O2.C6H11NO.CH2O2/c1-15(27)23(30(5)29)20(28)14-33-21-10-9-19(26)17-11-13-31(16(2)22(17)21)24(32)18-8-6-7-12-25(18,3)4;1-5-3-4-7(2)6(5)8;2-1-3/h9-10,15-16,18H,6-8,11-14,28-29H2,1-5H3;5H,3-4H2,1-2H3;1H,(H,2,3)/b23-20-;;. The SMILES string of the molecule is CC(F)/C(=C(/N)COc1ccc(Cl)c2c1C(C)N(C(=O)C1CCCCC1(C)C)CC2)N(C)N.CC1CCN(C)C1=O.O=CO. The molecule has 4 atom stereocenters. The van der Waals surface area contributed by atoms with Crippen LogP contribution in [0.1, 0.15) is 83.9 Å². The van der Waals surface area contributed by atoms with Crippen LogP contribution in [0.3, 0.4) is 0 Å². The Morgan fingerprint density at radius 3 is 2.39 bits per heavy atom. The van der Waals surface area contributed by atoms with Crippen molar-refractivity contribution in [3.05, 3.63) is 39.7 Å². The lowest BCUT2D eigenvalue weighted by Gasteiger charge is -2.44. The number of likely N-dealkylation sites (tertiary alicyclic amines) is 1. The number of ether oxygens (including phenoxy) is 1. The van der Waals surface area contributed by atoms with E-state index in [9.17, 15) is 14.0 Å². The smallest absolute Gasteiger partial charge is 0.290 e. The molecule has 0 aromatic heterocycles. The van der Waals surface area contributed by atoms with Crippen LogP contribution in [0.25, 0.3) is 0 Å². The number of hydrazine groups is 1. The van der Waals surface area contributed by atoms with Crippen LogP contribution in [-0.4, -0.2) is 78.2 Å². The van der Waals surface area contributed by atoms with Gasteiger partial charge in [0.2, 0.25) is 11.8 Å². The Morgan fingerprint density at radius 1 is 1.27 bits per heavy atom. The van der Waals surface area contributed by atoms with Crippen LogP contribution in [0, 0.1) is 17.3 Å². The van der Waals surface area contributed by atoms with Gasteiger partial charge in [-0.05, 0) is 62.6 Å². The summed E-state index contributed by atoms with van der Waals surface area (Å²) in [6.45, 7) is 11.1. The maximum absolute atomic E-state index is 14.0. The molecule has 248 valence electrons. The van der Waals surface area contributed by atoms with E-state index in [1.807, 2.05) is 25.8 Å². The number of hydrogen-bond donors (Lipinski definition) is 3. The molecule has 44 heavy (non-hydrogen) atoms. The van der Waals surface area contributed by atoms with Crippen molar-refractivity contribution in [1.82, 2.24) is 14.8 Å². The Morgan fingerprint density at radius 2 is 1.91 bits per heavy atom. The fraction of sp³-hybridized carbons (Fsp3) is 0.656. The third kappa shape index (κ3) is 9.00. The van der Waals surface area contributed by atoms with Crippen LogP contribution < -0.4 is 16.3 Å². The van der Waals surface area contributed by atoms with Crippen molar-refractivity contribution in [1.29, 1.82) is 0 Å². The predicted octanol–water partition coefficient (Wildman–Crippen LogP) is 4.90. The van der Waals surface area contributed by atoms with E-state index in [2.05, 4.69) is 13.8 Å². The predicted molar refractivity (Wildman–Crippen MR) is 170 cm³/mol. The summed E-state index contributed by atoms with van der Waals surface area (Å²) < 4.78 is 20.0. The molecule has 12 heteroatoms. The zero-order valence-electron chi connectivity index (χ0n) is 27.2. The number of allylic oxidation sites excluding steroid dienone is 1. The number of carboxylic acid groups (broad SMARTS) is 1. The van der Waals surface area contributed by atoms with E-state index in [1.54, 1.807) is 24.1 Å². The van der Waals surface area contributed by atoms with Gasteiger partial charge in [0.05, 0.1) is 17.4 Å². The van der Waals surface area contributed by atoms with E-state index in [0.717, 1.165) is 43.4 Å². The van der Waals surface area contributed by atoms with Crippen LogP contribution >= 0.6 is 11.6 Å². The molecule has 1 saturated heterocycles. The molecule has 5 N–H and O–H groups in total. The number of nitrogens with two attached hydrogens (primary N) is 2. The van der Waals surface area contributed by atoms with Crippen molar-refractivity contribution in [2.45, 2.75) is 85.4 Å². The number of halogens is 2. The zero-order chi connectivity index (χ0) is 33.4. The quantitative estimate of drug-likeness (QED) is 0.227. The second-order valence-electron chi connectivity index (χ2n) is 12.7. The Labute approximate surface area is 266 Å². The molecular formula is C32H51ClFN5O5. The first-order valence-electron chi connectivity index (χ1n) is 15.3. The van der Waals surface area contributed by atoms with Gasteiger partial charge in [0.15, 0.2) is 0 Å². The summed E-state index contributed by atoms with van der Waals surface area (Å²) in [5.41, 5.74) is 8.41. The summed E-state index contributed by atoms with van der Waals surface area (Å²) >= 11 is 6.53. The molecule has 4 unspecified atom stereocenters. The van der Waals surface area contributed by atoms with E-state index < -0.39 is 6.17 Å². The van der Waals surface area contributed by atoms with Gasteiger partial charge in [-0.3, -0.25) is 14.4 Å². The zero-order valence-corrected chi connectivity index (χ0v) is 28.0. The van der Waals surface area contributed by atoms with Crippen LogP contribution in [0.2, 0.25) is 5.02 Å². The van der Waals surface area contributed by atoms with Crippen molar-refractivity contribution in [3.8, 4) is 5.75 Å². The molecule has 3 aliphatic rings. The number of carbonyl (C=O) groups is 3. The van der Waals surface area contributed by atoms with Crippen molar-refractivity contribution in [2.75, 3.05) is 33.8 Å². The Balaban J connectivity index is 0.000000518. The largest absolute Gasteiger partial charge is 0.487 e. The average molecular weight is 640 g/mol. The lowest BCUT2D eigenvalue weighted by Crippen LogP contribution is -2.47. The molecule has 1 aliphatic carbocycles. The molecule has 2 amide bonds. The van der Waals surface area contributed by atoms with Crippen LogP contribution in [0.4, 0.5) is 4.39 Å². The third-order valence-electron chi connectivity index (χ3n) is 9.00. The highest BCUT2D eigenvalue weighted by Gasteiger charge is 2.42. The van der Waals surface area contributed by atoms with Gasteiger partial charge in [-0.2, -0.15) is 0 Å². The second kappa shape index (κ2) is 16.3. The molecule has 1 saturated carbocycles. The molecule has 2 heterocycles. The van der Waals surface area contributed by atoms with Crippen LogP contribution in [0.15, 0.2) is 23.5 Å². The maximum atomic E-state index is 14.0. The molecular weight excluding hydrogens is 589 g/mol. The monoisotopic (exact) mass is 639 g/mol. The molecule has 10 nitrogen and oxygen atoms in total. The summed E-state index contributed by atoms with van der Waals surface area (Å²) in [6, 6.07) is 3.42. The molecule has 4 rings (SSSR count). The summed E-state index contributed by atoms with van der Waals surface area (Å²) in [5, 5.41) is 8.73.